The molecule has 1 N–H and O–H groups in total. The monoisotopic (exact) mass is 207 g/mol. The van der Waals surface area contributed by atoms with Crippen LogP contribution in [0.4, 0.5) is 0 Å². The van der Waals surface area contributed by atoms with Crippen LogP contribution in [0.2, 0.25) is 0 Å². The minimum absolute atomic E-state index is 0.816. The Bertz CT molecular complexity index is 326. The van der Waals surface area contributed by atoms with Crippen LogP contribution in [0, 0.1) is 13.8 Å². The Labute approximate surface area is 92.2 Å². The summed E-state index contributed by atoms with van der Waals surface area (Å²) in [5.41, 5.74) is 3.45. The van der Waals surface area contributed by atoms with Crippen molar-refractivity contribution in [3.8, 4) is 0 Å². The summed E-state index contributed by atoms with van der Waals surface area (Å²) < 4.78 is 2.01. The van der Waals surface area contributed by atoms with Gasteiger partial charge in [0, 0.05) is 12.2 Å². The summed E-state index contributed by atoms with van der Waals surface area (Å²) >= 11 is 0. The molecule has 1 rings (SSSR count). The highest BCUT2D eigenvalue weighted by molar-refractivity contribution is 5.09. The molecule has 3 nitrogen and oxygen atoms in total. The van der Waals surface area contributed by atoms with Crippen LogP contribution in [0.15, 0.2) is 18.2 Å². The summed E-state index contributed by atoms with van der Waals surface area (Å²) in [6.45, 7) is 13.1. The van der Waals surface area contributed by atoms with Gasteiger partial charge in [0.25, 0.3) is 0 Å². The molecular weight excluding hydrogens is 186 g/mol. The van der Waals surface area contributed by atoms with Crippen molar-refractivity contribution in [2.75, 3.05) is 13.1 Å². The first-order valence-corrected chi connectivity index (χ1v) is 5.52. The summed E-state index contributed by atoms with van der Waals surface area (Å²) in [6.07, 6.45) is 1.16. The first-order valence-electron chi connectivity index (χ1n) is 5.52. The number of nitrogens with zero attached hydrogens (tertiary/aromatic N) is 2. The quantitative estimate of drug-likeness (QED) is 0.571. The fourth-order valence-corrected chi connectivity index (χ4v) is 1.54. The molecule has 0 atom stereocenters. The summed E-state index contributed by atoms with van der Waals surface area (Å²) in [7, 11) is 0. The van der Waals surface area contributed by atoms with Crippen LogP contribution in [0.25, 0.3) is 0 Å². The molecule has 0 bridgehead atoms. The molecule has 0 amide bonds. The molecular formula is C12H21N3. The van der Waals surface area contributed by atoms with Gasteiger partial charge < -0.3 is 5.32 Å². The van der Waals surface area contributed by atoms with E-state index >= 15 is 0 Å². The molecule has 0 aliphatic carbocycles. The highest BCUT2D eigenvalue weighted by Gasteiger charge is 2.02. The molecule has 84 valence electrons. The molecule has 0 spiro atoms. The second-order valence-corrected chi connectivity index (χ2v) is 4.01. The molecule has 1 aromatic heterocycles. The molecule has 15 heavy (non-hydrogen) atoms. The number of nitrogens with one attached hydrogen (secondary N) is 1. The van der Waals surface area contributed by atoms with Crippen molar-refractivity contribution >= 4 is 0 Å². The van der Waals surface area contributed by atoms with Crippen LogP contribution in [-0.4, -0.2) is 22.9 Å². The van der Waals surface area contributed by atoms with Crippen LogP contribution in [0.5, 0.6) is 0 Å². The maximum Gasteiger partial charge on any atom is 0.0632 e. The summed E-state index contributed by atoms with van der Waals surface area (Å²) in [4.78, 5) is 0. The van der Waals surface area contributed by atoms with Crippen LogP contribution in [-0.2, 0) is 6.54 Å². The SMILES string of the molecule is C=C(CNCCC)Cn1nc(C)cc1C. The second kappa shape index (κ2) is 5.71. The van der Waals surface area contributed by atoms with Gasteiger partial charge in [0.1, 0.15) is 0 Å². The van der Waals surface area contributed by atoms with Gasteiger partial charge in [-0.1, -0.05) is 13.5 Å². The molecule has 1 heterocycles. The standard InChI is InChI=1S/C12H21N3/c1-5-6-13-8-10(2)9-15-12(4)7-11(3)14-15/h7,13H,2,5-6,8-9H2,1,3-4H3. The van der Waals surface area contributed by atoms with Crippen molar-refractivity contribution in [2.45, 2.75) is 33.7 Å². The van der Waals surface area contributed by atoms with Gasteiger partial charge in [-0.2, -0.15) is 5.10 Å². The molecule has 0 radical (unpaired) electrons. The van der Waals surface area contributed by atoms with Crippen molar-refractivity contribution in [3.63, 3.8) is 0 Å². The lowest BCUT2D eigenvalue weighted by molar-refractivity contribution is 0.617. The third-order valence-corrected chi connectivity index (χ3v) is 2.28. The van der Waals surface area contributed by atoms with Crippen molar-refractivity contribution in [3.05, 3.63) is 29.6 Å². The van der Waals surface area contributed by atoms with Crippen LogP contribution in [0.1, 0.15) is 24.7 Å². The fraction of sp³-hybridized carbons (Fsp3) is 0.583. The highest BCUT2D eigenvalue weighted by atomic mass is 15.3. The first kappa shape index (κ1) is 12.0. The Kier molecular flexibility index (Phi) is 4.56. The second-order valence-electron chi connectivity index (χ2n) is 4.01. The average molecular weight is 207 g/mol. The Balaban J connectivity index is 2.41. The maximum absolute atomic E-state index is 4.41. The molecule has 0 aromatic carbocycles. The molecule has 0 aliphatic rings. The zero-order valence-corrected chi connectivity index (χ0v) is 10.0. The van der Waals surface area contributed by atoms with Gasteiger partial charge >= 0.3 is 0 Å². The third kappa shape index (κ3) is 3.88. The van der Waals surface area contributed by atoms with Crippen LogP contribution in [0.3, 0.4) is 0 Å². The molecule has 0 saturated carbocycles. The summed E-state index contributed by atoms with van der Waals surface area (Å²) in [6, 6.07) is 2.09. The molecule has 0 aliphatic heterocycles. The van der Waals surface area contributed by atoms with E-state index in [4.69, 9.17) is 0 Å². The molecule has 0 saturated heterocycles. The lowest BCUT2D eigenvalue weighted by Crippen LogP contribution is -2.20. The maximum atomic E-state index is 4.41. The zero-order chi connectivity index (χ0) is 11.3. The first-order chi connectivity index (χ1) is 7.13. The smallest absolute Gasteiger partial charge is 0.0632 e. The van der Waals surface area contributed by atoms with E-state index in [1.165, 1.54) is 11.3 Å². The van der Waals surface area contributed by atoms with Gasteiger partial charge in [-0.15, -0.1) is 0 Å². The van der Waals surface area contributed by atoms with E-state index in [1.807, 2.05) is 11.6 Å². The van der Waals surface area contributed by atoms with E-state index in [0.717, 1.165) is 31.7 Å². The number of hydrogen-bond acceptors (Lipinski definition) is 2. The topological polar surface area (TPSA) is 29.9 Å². The van der Waals surface area contributed by atoms with Gasteiger partial charge in [0.2, 0.25) is 0 Å². The van der Waals surface area contributed by atoms with Gasteiger partial charge in [-0.05, 0) is 38.5 Å². The van der Waals surface area contributed by atoms with Crippen LogP contribution >= 0.6 is 0 Å². The number of aryl methyl sites for hydroxylation is 2. The summed E-state index contributed by atoms with van der Waals surface area (Å²) in [5, 5.41) is 7.75. The molecule has 0 unspecified atom stereocenters. The predicted molar refractivity (Wildman–Crippen MR) is 64.0 cm³/mol. The Hall–Kier alpha value is -1.09. The lowest BCUT2D eigenvalue weighted by Gasteiger charge is -2.08. The van der Waals surface area contributed by atoms with Gasteiger partial charge in [0.15, 0.2) is 0 Å². The van der Waals surface area contributed by atoms with Gasteiger partial charge in [0.05, 0.1) is 12.2 Å². The van der Waals surface area contributed by atoms with Crippen molar-refractivity contribution in [1.29, 1.82) is 0 Å². The lowest BCUT2D eigenvalue weighted by atomic mass is 10.3. The minimum atomic E-state index is 0.816. The number of hydrogen-bond donors (Lipinski definition) is 1. The van der Waals surface area contributed by atoms with Crippen molar-refractivity contribution in [2.24, 2.45) is 0 Å². The Morgan fingerprint density at radius 3 is 2.80 bits per heavy atom. The van der Waals surface area contributed by atoms with E-state index in [0.29, 0.717) is 0 Å². The normalized spacial score (nSPS) is 10.6. The third-order valence-electron chi connectivity index (χ3n) is 2.28. The van der Waals surface area contributed by atoms with E-state index in [1.54, 1.807) is 0 Å². The van der Waals surface area contributed by atoms with E-state index in [9.17, 15) is 0 Å². The predicted octanol–water partition coefficient (Wildman–Crippen LogP) is 2.06. The molecule has 3 heteroatoms. The molecule has 1 aromatic rings. The Morgan fingerprint density at radius 1 is 1.53 bits per heavy atom. The largest absolute Gasteiger partial charge is 0.313 e. The number of aromatic nitrogens is 2. The van der Waals surface area contributed by atoms with E-state index in [2.05, 4.69) is 36.9 Å². The minimum Gasteiger partial charge on any atom is -0.313 e. The summed E-state index contributed by atoms with van der Waals surface area (Å²) in [5.74, 6) is 0. The molecule has 0 fully saturated rings. The van der Waals surface area contributed by atoms with Crippen molar-refractivity contribution in [1.82, 2.24) is 15.1 Å². The van der Waals surface area contributed by atoms with Crippen LogP contribution < -0.4 is 5.32 Å². The van der Waals surface area contributed by atoms with Gasteiger partial charge in [-0.3, -0.25) is 4.68 Å². The highest BCUT2D eigenvalue weighted by Crippen LogP contribution is 2.04. The average Bonchev–Trinajstić information content (AvgIpc) is 2.45. The fourth-order valence-electron chi connectivity index (χ4n) is 1.54. The van der Waals surface area contributed by atoms with Crippen molar-refractivity contribution < 1.29 is 0 Å². The zero-order valence-electron chi connectivity index (χ0n) is 10.0. The van der Waals surface area contributed by atoms with E-state index in [-0.39, 0.29) is 0 Å². The van der Waals surface area contributed by atoms with E-state index < -0.39 is 0 Å². The van der Waals surface area contributed by atoms with Gasteiger partial charge in [-0.25, -0.2) is 0 Å². The Morgan fingerprint density at radius 2 is 2.27 bits per heavy atom. The number of rotatable bonds is 6.